The van der Waals surface area contributed by atoms with Crippen LogP contribution in [0.15, 0.2) is 18.2 Å². The number of nitrogens with zero attached hydrogens (tertiary/aromatic N) is 1. The van der Waals surface area contributed by atoms with Gasteiger partial charge in [-0.25, -0.2) is 0 Å². The van der Waals surface area contributed by atoms with Crippen molar-refractivity contribution in [3.8, 4) is 11.5 Å². The van der Waals surface area contributed by atoms with Gasteiger partial charge in [0, 0.05) is 18.7 Å². The number of aliphatic carboxylic acids is 1. The molecule has 3 rings (SSSR count). The molecule has 0 aliphatic carbocycles. The molecule has 1 aromatic carbocycles. The molecule has 0 spiro atoms. The zero-order valence-corrected chi connectivity index (χ0v) is 11.6. The first-order valence-electron chi connectivity index (χ1n) is 7.07. The first-order valence-corrected chi connectivity index (χ1v) is 7.07. The summed E-state index contributed by atoms with van der Waals surface area (Å²) >= 11 is 0. The Hall–Kier alpha value is -2.24. The van der Waals surface area contributed by atoms with Gasteiger partial charge in [0.05, 0.1) is 5.92 Å². The largest absolute Gasteiger partial charge is 0.486 e. The van der Waals surface area contributed by atoms with Crippen LogP contribution in [-0.4, -0.2) is 48.2 Å². The van der Waals surface area contributed by atoms with Crippen molar-refractivity contribution in [1.29, 1.82) is 0 Å². The Morgan fingerprint density at radius 3 is 2.71 bits per heavy atom. The first-order chi connectivity index (χ1) is 10.1. The van der Waals surface area contributed by atoms with Gasteiger partial charge in [-0.1, -0.05) is 0 Å². The molecule has 1 unspecified atom stereocenters. The highest BCUT2D eigenvalue weighted by Gasteiger charge is 2.29. The standard InChI is InChI=1S/C15H17NO5/c17-14(16-5-1-2-11(9-16)15(18)19)10-3-4-12-13(8-10)21-7-6-20-12/h3-4,8,11H,1-2,5-7,9H2,(H,18,19). The fourth-order valence-corrected chi connectivity index (χ4v) is 2.72. The molecule has 2 aliphatic heterocycles. The smallest absolute Gasteiger partial charge is 0.308 e. The monoisotopic (exact) mass is 291 g/mol. The van der Waals surface area contributed by atoms with E-state index < -0.39 is 11.9 Å². The molecule has 0 saturated carbocycles. The van der Waals surface area contributed by atoms with E-state index in [2.05, 4.69) is 0 Å². The van der Waals surface area contributed by atoms with Crippen molar-refractivity contribution in [2.75, 3.05) is 26.3 Å². The third-order valence-corrected chi connectivity index (χ3v) is 3.85. The lowest BCUT2D eigenvalue weighted by molar-refractivity contribution is -0.143. The molecule has 0 radical (unpaired) electrons. The highest BCUT2D eigenvalue weighted by Crippen LogP contribution is 2.31. The SMILES string of the molecule is O=C(O)C1CCCN(C(=O)c2ccc3c(c2)OCCO3)C1. The average molecular weight is 291 g/mol. The van der Waals surface area contributed by atoms with E-state index in [4.69, 9.17) is 14.6 Å². The maximum Gasteiger partial charge on any atom is 0.308 e. The third-order valence-electron chi connectivity index (χ3n) is 3.85. The topological polar surface area (TPSA) is 76.1 Å². The number of fused-ring (bicyclic) bond motifs is 1. The second-order valence-corrected chi connectivity index (χ2v) is 5.29. The highest BCUT2D eigenvalue weighted by atomic mass is 16.6. The number of likely N-dealkylation sites (tertiary alicyclic amines) is 1. The van der Waals surface area contributed by atoms with E-state index in [0.717, 1.165) is 0 Å². The van der Waals surface area contributed by atoms with Crippen LogP contribution in [0.1, 0.15) is 23.2 Å². The Morgan fingerprint density at radius 2 is 1.95 bits per heavy atom. The third kappa shape index (κ3) is 2.79. The normalized spacial score (nSPS) is 21.0. The van der Waals surface area contributed by atoms with Gasteiger partial charge in [-0.15, -0.1) is 0 Å². The predicted molar refractivity (Wildman–Crippen MR) is 73.7 cm³/mol. The van der Waals surface area contributed by atoms with Crippen LogP contribution >= 0.6 is 0 Å². The zero-order valence-electron chi connectivity index (χ0n) is 11.6. The molecule has 1 fully saturated rings. The van der Waals surface area contributed by atoms with Crippen LogP contribution in [0.4, 0.5) is 0 Å². The number of amides is 1. The van der Waals surface area contributed by atoms with E-state index in [1.54, 1.807) is 23.1 Å². The van der Waals surface area contributed by atoms with Crippen LogP contribution < -0.4 is 9.47 Å². The Kier molecular flexibility index (Phi) is 3.68. The molecule has 21 heavy (non-hydrogen) atoms. The maximum absolute atomic E-state index is 12.5. The molecule has 1 aromatic rings. The number of carbonyl (C=O) groups is 2. The fraction of sp³-hybridized carbons (Fsp3) is 0.467. The number of carboxylic acid groups (broad SMARTS) is 1. The summed E-state index contributed by atoms with van der Waals surface area (Å²) in [6.07, 6.45) is 1.34. The molecule has 1 saturated heterocycles. The summed E-state index contributed by atoms with van der Waals surface area (Å²) in [5, 5.41) is 9.09. The number of ether oxygens (including phenoxy) is 2. The highest BCUT2D eigenvalue weighted by molar-refractivity contribution is 5.95. The summed E-state index contributed by atoms with van der Waals surface area (Å²) in [4.78, 5) is 25.2. The Morgan fingerprint density at radius 1 is 1.19 bits per heavy atom. The summed E-state index contributed by atoms with van der Waals surface area (Å²) < 4.78 is 10.9. The molecule has 2 heterocycles. The number of hydrogen-bond acceptors (Lipinski definition) is 4. The summed E-state index contributed by atoms with van der Waals surface area (Å²) in [5.41, 5.74) is 0.505. The molecular formula is C15H17NO5. The van der Waals surface area contributed by atoms with Crippen LogP contribution in [0.25, 0.3) is 0 Å². The number of rotatable bonds is 2. The van der Waals surface area contributed by atoms with Gasteiger partial charge in [-0.2, -0.15) is 0 Å². The number of carboxylic acids is 1. The van der Waals surface area contributed by atoms with Gasteiger partial charge in [-0.05, 0) is 31.0 Å². The van der Waals surface area contributed by atoms with Crippen LogP contribution in [0, 0.1) is 5.92 Å². The lowest BCUT2D eigenvalue weighted by atomic mass is 9.97. The van der Waals surface area contributed by atoms with Crippen molar-refractivity contribution in [1.82, 2.24) is 4.90 Å². The lowest BCUT2D eigenvalue weighted by Crippen LogP contribution is -2.42. The minimum Gasteiger partial charge on any atom is -0.486 e. The minimum absolute atomic E-state index is 0.155. The number of hydrogen-bond donors (Lipinski definition) is 1. The molecule has 6 heteroatoms. The molecule has 1 N–H and O–H groups in total. The van der Waals surface area contributed by atoms with Crippen molar-refractivity contribution in [3.05, 3.63) is 23.8 Å². The van der Waals surface area contributed by atoms with E-state index in [1.807, 2.05) is 0 Å². The summed E-state index contributed by atoms with van der Waals surface area (Å²) in [5.74, 6) is -0.258. The van der Waals surface area contributed by atoms with Crippen molar-refractivity contribution >= 4 is 11.9 Å². The van der Waals surface area contributed by atoms with Crippen LogP contribution in [0.5, 0.6) is 11.5 Å². The first kappa shape index (κ1) is 13.7. The average Bonchev–Trinajstić information content (AvgIpc) is 2.53. The Balaban J connectivity index is 1.77. The van der Waals surface area contributed by atoms with Gasteiger partial charge in [0.25, 0.3) is 5.91 Å². The van der Waals surface area contributed by atoms with Crippen molar-refractivity contribution in [2.24, 2.45) is 5.92 Å². The van der Waals surface area contributed by atoms with Crippen molar-refractivity contribution < 1.29 is 24.2 Å². The number of benzene rings is 1. The number of piperidine rings is 1. The zero-order chi connectivity index (χ0) is 14.8. The van der Waals surface area contributed by atoms with Gasteiger partial charge in [-0.3, -0.25) is 9.59 Å². The van der Waals surface area contributed by atoms with Crippen LogP contribution in [0.2, 0.25) is 0 Å². The van der Waals surface area contributed by atoms with Crippen LogP contribution in [-0.2, 0) is 4.79 Å². The molecule has 112 valence electrons. The second kappa shape index (κ2) is 5.63. The van der Waals surface area contributed by atoms with E-state index >= 15 is 0 Å². The van der Waals surface area contributed by atoms with E-state index in [0.29, 0.717) is 49.7 Å². The fourth-order valence-electron chi connectivity index (χ4n) is 2.72. The van der Waals surface area contributed by atoms with E-state index in [9.17, 15) is 9.59 Å². The molecule has 1 atom stereocenters. The van der Waals surface area contributed by atoms with E-state index in [-0.39, 0.29) is 12.5 Å². The summed E-state index contributed by atoms with van der Waals surface area (Å²) in [6.45, 7) is 1.84. The van der Waals surface area contributed by atoms with Gasteiger partial charge < -0.3 is 19.5 Å². The predicted octanol–water partition coefficient (Wildman–Crippen LogP) is 1.39. The van der Waals surface area contributed by atoms with Gasteiger partial charge in [0.2, 0.25) is 0 Å². The van der Waals surface area contributed by atoms with Crippen LogP contribution in [0.3, 0.4) is 0 Å². The Labute approximate surface area is 122 Å². The lowest BCUT2D eigenvalue weighted by Gasteiger charge is -2.31. The molecule has 1 amide bonds. The van der Waals surface area contributed by atoms with Gasteiger partial charge in [0.1, 0.15) is 13.2 Å². The van der Waals surface area contributed by atoms with E-state index in [1.165, 1.54) is 0 Å². The molecule has 2 aliphatic rings. The number of carbonyl (C=O) groups excluding carboxylic acids is 1. The van der Waals surface area contributed by atoms with Gasteiger partial charge >= 0.3 is 5.97 Å². The molecular weight excluding hydrogens is 274 g/mol. The quantitative estimate of drug-likeness (QED) is 0.891. The van der Waals surface area contributed by atoms with Crippen molar-refractivity contribution in [3.63, 3.8) is 0 Å². The second-order valence-electron chi connectivity index (χ2n) is 5.29. The summed E-state index contributed by atoms with van der Waals surface area (Å²) in [7, 11) is 0. The molecule has 6 nitrogen and oxygen atoms in total. The van der Waals surface area contributed by atoms with Gasteiger partial charge in [0.15, 0.2) is 11.5 Å². The molecule has 0 aromatic heterocycles. The maximum atomic E-state index is 12.5. The Bertz CT molecular complexity index is 571. The van der Waals surface area contributed by atoms with Crippen molar-refractivity contribution in [2.45, 2.75) is 12.8 Å². The summed E-state index contributed by atoms with van der Waals surface area (Å²) in [6, 6.07) is 5.09. The molecule has 0 bridgehead atoms. The minimum atomic E-state index is -0.838.